The monoisotopic (exact) mass is 452 g/mol. The molecule has 0 fully saturated rings. The van der Waals surface area contributed by atoms with Crippen molar-refractivity contribution in [2.75, 3.05) is 26.0 Å². The maximum absolute atomic E-state index is 12.4. The minimum atomic E-state index is -4.75. The first-order chi connectivity index (χ1) is 15.3. The van der Waals surface area contributed by atoms with Gasteiger partial charge in [0.15, 0.2) is 0 Å². The molecule has 0 amide bonds. The highest BCUT2D eigenvalue weighted by Crippen LogP contribution is 2.27. The summed E-state index contributed by atoms with van der Waals surface area (Å²) in [7, 11) is 1.78. The van der Waals surface area contributed by atoms with Gasteiger partial charge in [-0.2, -0.15) is 0 Å². The first kappa shape index (κ1) is 23.4. The molecule has 7 nitrogen and oxygen atoms in total. The maximum atomic E-state index is 12.4. The largest absolute Gasteiger partial charge is 0.573 e. The van der Waals surface area contributed by atoms with E-state index in [2.05, 4.69) is 20.3 Å². The number of halogens is 3. The fourth-order valence-corrected chi connectivity index (χ4v) is 3.53. The van der Waals surface area contributed by atoms with Gasteiger partial charge in [-0.3, -0.25) is 0 Å². The molecule has 1 atom stereocenters. The summed E-state index contributed by atoms with van der Waals surface area (Å²) >= 11 is 0. The molecule has 2 aromatic rings. The van der Waals surface area contributed by atoms with E-state index < -0.39 is 6.36 Å². The lowest BCUT2D eigenvalue weighted by molar-refractivity contribution is -0.274. The number of aliphatic hydroxyl groups excluding tert-OH is 1. The number of nitrogen functional groups attached to an aromatic ring is 1. The highest BCUT2D eigenvalue weighted by atomic mass is 19.4. The standard InChI is InChI=1S/C22H27F3N4O3/c1-27-21-19(14-30)29(13-15-7-9-16(26)10-8-15)20(28-21)6-3-11-31-17-4-2-5-18(12-17)32-22(23,24)25/h2,4-5,7-10,12,20,27-28,30H,3,6,11,13-14,26H2,1H3. The van der Waals surface area contributed by atoms with E-state index in [0.717, 1.165) is 17.1 Å². The van der Waals surface area contributed by atoms with Crippen molar-refractivity contribution in [3.05, 3.63) is 65.6 Å². The van der Waals surface area contributed by atoms with E-state index in [0.29, 0.717) is 37.4 Å². The lowest BCUT2D eigenvalue weighted by Crippen LogP contribution is -2.38. The number of alkyl halides is 3. The predicted octanol–water partition coefficient (Wildman–Crippen LogP) is 3.14. The number of aliphatic hydroxyl groups is 1. The number of nitrogens with two attached hydrogens (primary N) is 1. The molecule has 10 heteroatoms. The second-order valence-electron chi connectivity index (χ2n) is 7.27. The third-order valence-electron chi connectivity index (χ3n) is 4.98. The summed E-state index contributed by atoms with van der Waals surface area (Å²) in [6.07, 6.45) is -3.51. The van der Waals surface area contributed by atoms with Gasteiger partial charge in [-0.15, -0.1) is 13.2 Å². The zero-order valence-electron chi connectivity index (χ0n) is 17.7. The first-order valence-corrected chi connectivity index (χ1v) is 10.2. The summed E-state index contributed by atoms with van der Waals surface area (Å²) < 4.78 is 46.7. The normalized spacial score (nSPS) is 16.2. The molecule has 2 aromatic carbocycles. The highest BCUT2D eigenvalue weighted by molar-refractivity contribution is 5.39. The number of nitrogens with zero attached hydrogens (tertiary/aromatic N) is 1. The van der Waals surface area contributed by atoms with Gasteiger partial charge in [0.1, 0.15) is 23.5 Å². The molecule has 0 radical (unpaired) electrons. The molecule has 0 aromatic heterocycles. The number of hydrogen-bond acceptors (Lipinski definition) is 7. The highest BCUT2D eigenvalue weighted by Gasteiger charge is 2.31. The zero-order chi connectivity index (χ0) is 23.1. The Hall–Kier alpha value is -3.27. The molecule has 5 N–H and O–H groups in total. The third-order valence-corrected chi connectivity index (χ3v) is 4.98. The molecule has 32 heavy (non-hydrogen) atoms. The van der Waals surface area contributed by atoms with Crippen LogP contribution in [0.1, 0.15) is 18.4 Å². The van der Waals surface area contributed by atoms with Crippen LogP contribution in [0.25, 0.3) is 0 Å². The molecular weight excluding hydrogens is 425 g/mol. The summed E-state index contributed by atoms with van der Waals surface area (Å²) in [5, 5.41) is 16.3. The van der Waals surface area contributed by atoms with Crippen LogP contribution in [-0.4, -0.2) is 42.8 Å². The first-order valence-electron chi connectivity index (χ1n) is 10.2. The molecule has 0 bridgehead atoms. The van der Waals surface area contributed by atoms with Gasteiger partial charge in [-0.1, -0.05) is 18.2 Å². The van der Waals surface area contributed by atoms with E-state index in [-0.39, 0.29) is 18.5 Å². The topological polar surface area (TPSA) is 92.0 Å². The molecule has 1 aliphatic heterocycles. The van der Waals surface area contributed by atoms with Crippen LogP contribution in [-0.2, 0) is 6.54 Å². The van der Waals surface area contributed by atoms with Crippen molar-refractivity contribution in [2.24, 2.45) is 0 Å². The van der Waals surface area contributed by atoms with E-state index in [4.69, 9.17) is 10.5 Å². The van der Waals surface area contributed by atoms with Crippen LogP contribution in [0.5, 0.6) is 11.5 Å². The van der Waals surface area contributed by atoms with Crippen molar-refractivity contribution in [2.45, 2.75) is 31.9 Å². The van der Waals surface area contributed by atoms with Gasteiger partial charge in [0.25, 0.3) is 0 Å². The zero-order valence-corrected chi connectivity index (χ0v) is 17.7. The van der Waals surface area contributed by atoms with Crippen LogP contribution in [0.15, 0.2) is 60.0 Å². The van der Waals surface area contributed by atoms with Crippen LogP contribution < -0.4 is 25.8 Å². The Morgan fingerprint density at radius 2 is 1.88 bits per heavy atom. The Kier molecular flexibility index (Phi) is 7.57. The molecule has 1 unspecified atom stereocenters. The van der Waals surface area contributed by atoms with Gasteiger partial charge in [0.2, 0.25) is 0 Å². The number of rotatable bonds is 10. The molecule has 1 heterocycles. The average Bonchev–Trinajstić information content (AvgIpc) is 3.08. The van der Waals surface area contributed by atoms with Crippen molar-refractivity contribution in [3.63, 3.8) is 0 Å². The fourth-order valence-electron chi connectivity index (χ4n) is 3.53. The SMILES string of the molecule is CNC1=C(CO)N(Cc2ccc(N)cc2)C(CCCOc2cccc(OC(F)(F)F)c2)N1. The second-order valence-corrected chi connectivity index (χ2v) is 7.27. The molecular formula is C22H27F3N4O3. The van der Waals surface area contributed by atoms with Crippen LogP contribution in [0.3, 0.4) is 0 Å². The lowest BCUT2D eigenvalue weighted by Gasteiger charge is -2.28. The Morgan fingerprint density at radius 1 is 1.16 bits per heavy atom. The molecule has 0 saturated carbocycles. The van der Waals surface area contributed by atoms with E-state index in [9.17, 15) is 18.3 Å². The molecule has 0 saturated heterocycles. The summed E-state index contributed by atoms with van der Waals surface area (Å²) in [4.78, 5) is 2.08. The minimum Gasteiger partial charge on any atom is -0.493 e. The van der Waals surface area contributed by atoms with Gasteiger partial charge in [-0.05, 0) is 42.7 Å². The average molecular weight is 452 g/mol. The van der Waals surface area contributed by atoms with Gasteiger partial charge in [0.05, 0.1) is 18.9 Å². The lowest BCUT2D eigenvalue weighted by atomic mass is 10.1. The van der Waals surface area contributed by atoms with E-state index in [1.165, 1.54) is 18.2 Å². The summed E-state index contributed by atoms with van der Waals surface area (Å²) in [5.41, 5.74) is 8.25. The molecule has 3 rings (SSSR count). The Bertz CT molecular complexity index is 919. The number of ether oxygens (including phenoxy) is 2. The summed E-state index contributed by atoms with van der Waals surface area (Å²) in [6.45, 7) is 0.764. The second kappa shape index (κ2) is 10.4. The predicted molar refractivity (Wildman–Crippen MR) is 114 cm³/mol. The maximum Gasteiger partial charge on any atom is 0.573 e. The van der Waals surface area contributed by atoms with Crippen molar-refractivity contribution in [1.82, 2.24) is 15.5 Å². The summed E-state index contributed by atoms with van der Waals surface area (Å²) in [6, 6.07) is 13.0. The Balaban J connectivity index is 1.57. The molecule has 0 spiro atoms. The fraction of sp³-hybridized carbons (Fsp3) is 0.364. The number of hydrogen-bond donors (Lipinski definition) is 4. The van der Waals surface area contributed by atoms with E-state index in [1.807, 2.05) is 24.3 Å². The molecule has 0 aliphatic carbocycles. The van der Waals surface area contributed by atoms with Crippen molar-refractivity contribution >= 4 is 5.69 Å². The number of benzene rings is 2. The number of anilines is 1. The van der Waals surface area contributed by atoms with Crippen molar-refractivity contribution in [3.8, 4) is 11.5 Å². The van der Waals surface area contributed by atoms with Crippen molar-refractivity contribution in [1.29, 1.82) is 0 Å². The molecule has 1 aliphatic rings. The quantitative estimate of drug-likeness (QED) is 0.325. The van der Waals surface area contributed by atoms with Crippen LogP contribution in [0.4, 0.5) is 18.9 Å². The Labute approximate surface area is 184 Å². The minimum absolute atomic E-state index is 0.0827. The van der Waals surface area contributed by atoms with Gasteiger partial charge in [-0.25, -0.2) is 0 Å². The smallest absolute Gasteiger partial charge is 0.493 e. The van der Waals surface area contributed by atoms with Crippen molar-refractivity contribution < 1.29 is 27.8 Å². The van der Waals surface area contributed by atoms with Crippen LogP contribution in [0.2, 0.25) is 0 Å². The van der Waals surface area contributed by atoms with E-state index >= 15 is 0 Å². The molecule has 174 valence electrons. The summed E-state index contributed by atoms with van der Waals surface area (Å²) in [5.74, 6) is 0.735. The van der Waals surface area contributed by atoms with Gasteiger partial charge >= 0.3 is 6.36 Å². The number of nitrogens with one attached hydrogen (secondary N) is 2. The Morgan fingerprint density at radius 3 is 2.53 bits per heavy atom. The van der Waals surface area contributed by atoms with Gasteiger partial charge < -0.3 is 35.8 Å². The van der Waals surface area contributed by atoms with Gasteiger partial charge in [0, 0.05) is 25.3 Å². The van der Waals surface area contributed by atoms with Crippen LogP contribution >= 0.6 is 0 Å². The van der Waals surface area contributed by atoms with E-state index in [1.54, 1.807) is 13.1 Å². The van der Waals surface area contributed by atoms with Crippen LogP contribution in [0, 0.1) is 0 Å². The third kappa shape index (κ3) is 6.36.